The van der Waals surface area contributed by atoms with Crippen molar-refractivity contribution in [3.05, 3.63) is 90.4 Å². The van der Waals surface area contributed by atoms with Gasteiger partial charge in [0.1, 0.15) is 12.4 Å². The Morgan fingerprint density at radius 2 is 1.96 bits per heavy atom. The quantitative estimate of drug-likeness (QED) is 0.540. The zero-order valence-electron chi connectivity index (χ0n) is 14.7. The number of carbonyl (C=O) groups excluding carboxylic acids is 1. The summed E-state index contributed by atoms with van der Waals surface area (Å²) in [7, 11) is 0. The molecule has 0 bridgehead atoms. The van der Waals surface area contributed by atoms with Gasteiger partial charge in [0, 0.05) is 23.3 Å². The summed E-state index contributed by atoms with van der Waals surface area (Å²) in [6.07, 6.45) is 5.44. The Kier molecular flexibility index (Phi) is 4.83. The number of benzene rings is 2. The number of hydrogen-bond donors (Lipinski definition) is 2. The van der Waals surface area contributed by atoms with Gasteiger partial charge in [-0.1, -0.05) is 30.3 Å². The number of aromatic nitrogens is 2. The lowest BCUT2D eigenvalue weighted by Gasteiger charge is -2.07. The van der Waals surface area contributed by atoms with Gasteiger partial charge in [-0.25, -0.2) is 0 Å². The van der Waals surface area contributed by atoms with E-state index in [9.17, 15) is 4.79 Å². The van der Waals surface area contributed by atoms with Crippen LogP contribution in [-0.4, -0.2) is 15.9 Å². The fraction of sp³-hybridized carbons (Fsp3) is 0.0909. The van der Waals surface area contributed by atoms with Crippen LogP contribution in [0.25, 0.3) is 10.9 Å². The van der Waals surface area contributed by atoms with Crippen molar-refractivity contribution in [2.75, 3.05) is 5.32 Å². The molecule has 0 atom stereocenters. The third kappa shape index (κ3) is 4.15. The van der Waals surface area contributed by atoms with E-state index in [0.29, 0.717) is 12.3 Å². The van der Waals surface area contributed by atoms with E-state index in [4.69, 9.17) is 4.74 Å². The number of H-pyrrole nitrogens is 1. The molecule has 0 aliphatic rings. The Hall–Kier alpha value is -3.60. The Bertz CT molecular complexity index is 1040. The molecule has 1 amide bonds. The van der Waals surface area contributed by atoms with E-state index in [0.717, 1.165) is 27.8 Å². The molecular weight excluding hydrogens is 338 g/mol. The predicted octanol–water partition coefficient (Wildman–Crippen LogP) is 4.32. The first-order chi connectivity index (χ1) is 13.3. The highest BCUT2D eigenvalue weighted by Crippen LogP contribution is 2.25. The third-order valence-corrected chi connectivity index (χ3v) is 4.28. The first-order valence-corrected chi connectivity index (χ1v) is 8.74. The minimum Gasteiger partial charge on any atom is -0.489 e. The van der Waals surface area contributed by atoms with Gasteiger partial charge in [0.05, 0.1) is 18.3 Å². The summed E-state index contributed by atoms with van der Waals surface area (Å²) in [5.74, 6) is 0.694. The van der Waals surface area contributed by atoms with Crippen LogP contribution in [0.5, 0.6) is 5.75 Å². The molecule has 0 saturated carbocycles. The molecule has 0 radical (unpaired) electrons. The van der Waals surface area contributed by atoms with Gasteiger partial charge in [-0.05, 0) is 41.5 Å². The summed E-state index contributed by atoms with van der Waals surface area (Å²) < 4.78 is 5.90. The van der Waals surface area contributed by atoms with E-state index in [2.05, 4.69) is 15.3 Å². The van der Waals surface area contributed by atoms with Gasteiger partial charge in [-0.15, -0.1) is 0 Å². The minimum atomic E-state index is -0.0838. The standard InChI is InChI=1S/C22H19N3O2/c26-22(25-18-7-4-10-23-14-18)11-17-13-24-21-9-8-19(12-20(17)21)27-15-16-5-2-1-3-6-16/h1-10,12-14,24H,11,15H2,(H,25,26). The molecule has 0 fully saturated rings. The fourth-order valence-corrected chi connectivity index (χ4v) is 2.95. The molecule has 5 nitrogen and oxygen atoms in total. The molecule has 4 rings (SSSR count). The molecule has 2 heterocycles. The molecule has 0 spiro atoms. The van der Waals surface area contributed by atoms with Crippen molar-refractivity contribution in [2.45, 2.75) is 13.0 Å². The summed E-state index contributed by atoms with van der Waals surface area (Å²) in [6.45, 7) is 0.508. The van der Waals surface area contributed by atoms with Gasteiger partial charge in [0.25, 0.3) is 0 Å². The summed E-state index contributed by atoms with van der Waals surface area (Å²) in [5, 5.41) is 3.85. The lowest BCUT2D eigenvalue weighted by atomic mass is 10.1. The van der Waals surface area contributed by atoms with E-state index in [1.165, 1.54) is 0 Å². The maximum Gasteiger partial charge on any atom is 0.228 e. The van der Waals surface area contributed by atoms with Gasteiger partial charge in [0.2, 0.25) is 5.91 Å². The number of aromatic amines is 1. The normalized spacial score (nSPS) is 10.7. The maximum atomic E-state index is 12.3. The van der Waals surface area contributed by atoms with Crippen molar-refractivity contribution in [1.29, 1.82) is 0 Å². The molecular formula is C22H19N3O2. The van der Waals surface area contributed by atoms with Crippen molar-refractivity contribution in [3.8, 4) is 5.75 Å². The molecule has 0 unspecified atom stereocenters. The first kappa shape index (κ1) is 16.8. The second-order valence-corrected chi connectivity index (χ2v) is 6.26. The molecule has 0 aliphatic carbocycles. The largest absolute Gasteiger partial charge is 0.489 e. The topological polar surface area (TPSA) is 67.0 Å². The minimum absolute atomic E-state index is 0.0838. The lowest BCUT2D eigenvalue weighted by Crippen LogP contribution is -2.14. The van der Waals surface area contributed by atoms with Crippen molar-refractivity contribution in [2.24, 2.45) is 0 Å². The molecule has 2 N–H and O–H groups in total. The van der Waals surface area contributed by atoms with Crippen LogP contribution in [0.3, 0.4) is 0 Å². The summed E-state index contributed by atoms with van der Waals surface area (Å²) in [5.41, 5.74) is 3.71. The molecule has 5 heteroatoms. The van der Waals surface area contributed by atoms with E-state index in [-0.39, 0.29) is 12.3 Å². The smallest absolute Gasteiger partial charge is 0.228 e. The van der Waals surface area contributed by atoms with Crippen LogP contribution >= 0.6 is 0 Å². The number of carbonyl (C=O) groups is 1. The van der Waals surface area contributed by atoms with Crippen molar-refractivity contribution in [3.63, 3.8) is 0 Å². The SMILES string of the molecule is O=C(Cc1c[nH]c2ccc(OCc3ccccc3)cc12)Nc1cccnc1. The average molecular weight is 357 g/mol. The molecule has 0 aliphatic heterocycles. The first-order valence-electron chi connectivity index (χ1n) is 8.74. The number of fused-ring (bicyclic) bond motifs is 1. The Balaban J connectivity index is 1.47. The fourth-order valence-electron chi connectivity index (χ4n) is 2.95. The van der Waals surface area contributed by atoms with Crippen LogP contribution in [0.15, 0.2) is 79.3 Å². The van der Waals surface area contributed by atoms with Crippen LogP contribution in [0.1, 0.15) is 11.1 Å². The maximum absolute atomic E-state index is 12.3. The van der Waals surface area contributed by atoms with Gasteiger partial charge in [-0.3, -0.25) is 9.78 Å². The van der Waals surface area contributed by atoms with Crippen LogP contribution in [-0.2, 0) is 17.8 Å². The number of anilines is 1. The number of hydrogen-bond acceptors (Lipinski definition) is 3. The van der Waals surface area contributed by atoms with Crippen molar-refractivity contribution >= 4 is 22.5 Å². The average Bonchev–Trinajstić information content (AvgIpc) is 3.10. The number of nitrogens with zero attached hydrogens (tertiary/aromatic N) is 1. The molecule has 2 aromatic heterocycles. The Morgan fingerprint density at radius 1 is 1.07 bits per heavy atom. The van der Waals surface area contributed by atoms with Gasteiger partial charge in [-0.2, -0.15) is 0 Å². The highest BCUT2D eigenvalue weighted by Gasteiger charge is 2.10. The zero-order chi connectivity index (χ0) is 18.5. The second kappa shape index (κ2) is 7.74. The van der Waals surface area contributed by atoms with E-state index < -0.39 is 0 Å². The molecule has 4 aromatic rings. The van der Waals surface area contributed by atoms with Gasteiger partial charge in [0.15, 0.2) is 0 Å². The summed E-state index contributed by atoms with van der Waals surface area (Å²) in [4.78, 5) is 19.5. The van der Waals surface area contributed by atoms with Crippen molar-refractivity contribution < 1.29 is 9.53 Å². The van der Waals surface area contributed by atoms with Gasteiger partial charge >= 0.3 is 0 Å². The highest BCUT2D eigenvalue weighted by molar-refractivity contribution is 5.95. The number of ether oxygens (including phenoxy) is 1. The zero-order valence-corrected chi connectivity index (χ0v) is 14.7. The Labute approximate surface area is 157 Å². The predicted molar refractivity (Wildman–Crippen MR) is 106 cm³/mol. The van der Waals surface area contributed by atoms with Crippen LogP contribution in [0.4, 0.5) is 5.69 Å². The number of rotatable bonds is 6. The van der Waals surface area contributed by atoms with Crippen molar-refractivity contribution in [1.82, 2.24) is 9.97 Å². The monoisotopic (exact) mass is 357 g/mol. The summed E-state index contributed by atoms with van der Waals surface area (Å²) >= 11 is 0. The lowest BCUT2D eigenvalue weighted by molar-refractivity contribution is -0.115. The molecule has 27 heavy (non-hydrogen) atoms. The van der Waals surface area contributed by atoms with E-state index >= 15 is 0 Å². The third-order valence-electron chi connectivity index (χ3n) is 4.28. The number of pyridine rings is 1. The second-order valence-electron chi connectivity index (χ2n) is 6.26. The highest BCUT2D eigenvalue weighted by atomic mass is 16.5. The molecule has 134 valence electrons. The number of nitrogens with one attached hydrogen (secondary N) is 2. The summed E-state index contributed by atoms with van der Waals surface area (Å²) in [6, 6.07) is 19.5. The van der Waals surface area contributed by atoms with Gasteiger partial charge < -0.3 is 15.0 Å². The molecule has 2 aromatic carbocycles. The number of amides is 1. The van der Waals surface area contributed by atoms with Crippen LogP contribution in [0, 0.1) is 0 Å². The van der Waals surface area contributed by atoms with E-state index in [1.807, 2.05) is 60.8 Å². The molecule has 0 saturated heterocycles. The van der Waals surface area contributed by atoms with E-state index in [1.54, 1.807) is 18.5 Å². The van der Waals surface area contributed by atoms with Crippen LogP contribution in [0.2, 0.25) is 0 Å². The van der Waals surface area contributed by atoms with Crippen LogP contribution < -0.4 is 10.1 Å². The Morgan fingerprint density at radius 3 is 2.78 bits per heavy atom.